The molecule has 0 aliphatic heterocycles. The third kappa shape index (κ3) is 5.09. The molecule has 1 aliphatic carbocycles. The van der Waals surface area contributed by atoms with Crippen molar-refractivity contribution in [3.63, 3.8) is 0 Å². The van der Waals surface area contributed by atoms with Gasteiger partial charge in [-0.15, -0.1) is 0 Å². The number of Topliss-reactive ketones (excluding diaryl/α,β-unsaturated/α-hetero) is 1. The average molecular weight is 476 g/mol. The second kappa shape index (κ2) is 10.3. The van der Waals surface area contributed by atoms with Crippen LogP contribution < -0.4 is 14.9 Å². The van der Waals surface area contributed by atoms with Crippen molar-refractivity contribution >= 4 is 35.6 Å². The second-order valence-electron chi connectivity index (χ2n) is 8.36. The Morgan fingerprint density at radius 1 is 1.09 bits per heavy atom. The number of hydrogen-bond donors (Lipinski definition) is 2. The first-order valence-electron chi connectivity index (χ1n) is 11.2. The standard InChI is InChI=1S/C27H26BFO6/c1-16-21(9-7-19(30)15-20-5-4-10-35-20)24-14-18(29)6-8-22(24)23(16)11-17-12-25(33-2)27(28(31)32)26(13-17)34-3/h4-6,8,10-14,31-32H,7,9,15H2,1-3H3/b23-11-. The summed E-state index contributed by atoms with van der Waals surface area (Å²) in [5.74, 6) is 0.867. The van der Waals surface area contributed by atoms with Gasteiger partial charge in [0.25, 0.3) is 0 Å². The van der Waals surface area contributed by atoms with Gasteiger partial charge in [0.1, 0.15) is 28.9 Å². The van der Waals surface area contributed by atoms with Gasteiger partial charge in [0, 0.05) is 6.42 Å². The van der Waals surface area contributed by atoms with Gasteiger partial charge < -0.3 is 23.9 Å². The molecule has 1 heterocycles. The van der Waals surface area contributed by atoms with E-state index in [2.05, 4.69) is 0 Å². The Labute approximate surface area is 203 Å². The quantitative estimate of drug-likeness (QED) is 0.454. The van der Waals surface area contributed by atoms with Crippen molar-refractivity contribution in [2.45, 2.75) is 26.2 Å². The number of ketones is 1. The predicted octanol–water partition coefficient (Wildman–Crippen LogP) is 4.04. The molecule has 0 saturated carbocycles. The van der Waals surface area contributed by atoms with Crippen LogP contribution in [0, 0.1) is 5.82 Å². The molecular weight excluding hydrogens is 450 g/mol. The van der Waals surface area contributed by atoms with Crippen LogP contribution in [-0.2, 0) is 11.2 Å². The van der Waals surface area contributed by atoms with Gasteiger partial charge in [-0.1, -0.05) is 6.07 Å². The molecule has 0 spiro atoms. The molecule has 3 aromatic rings. The zero-order valence-corrected chi connectivity index (χ0v) is 19.8. The number of carbonyl (C=O) groups is 1. The van der Waals surface area contributed by atoms with Gasteiger partial charge in [0.15, 0.2) is 0 Å². The topological polar surface area (TPSA) is 89.1 Å². The van der Waals surface area contributed by atoms with Gasteiger partial charge in [-0.2, -0.15) is 0 Å². The molecule has 0 radical (unpaired) electrons. The molecule has 0 amide bonds. The van der Waals surface area contributed by atoms with E-state index >= 15 is 0 Å². The number of furan rings is 1. The van der Waals surface area contributed by atoms with Gasteiger partial charge in [0.2, 0.25) is 0 Å². The summed E-state index contributed by atoms with van der Waals surface area (Å²) in [7, 11) is 1.12. The highest BCUT2D eigenvalue weighted by Gasteiger charge is 2.26. The smallest absolute Gasteiger partial charge is 0.496 e. The van der Waals surface area contributed by atoms with Crippen molar-refractivity contribution < 1.29 is 33.1 Å². The van der Waals surface area contributed by atoms with Crippen LogP contribution >= 0.6 is 0 Å². The Morgan fingerprint density at radius 2 is 1.80 bits per heavy atom. The summed E-state index contributed by atoms with van der Waals surface area (Å²) in [5, 5.41) is 19.5. The molecule has 1 aliphatic rings. The van der Waals surface area contributed by atoms with Crippen LogP contribution in [0.3, 0.4) is 0 Å². The van der Waals surface area contributed by atoms with Crippen molar-refractivity contribution in [3.8, 4) is 11.5 Å². The molecule has 0 unspecified atom stereocenters. The summed E-state index contributed by atoms with van der Waals surface area (Å²) in [4.78, 5) is 12.5. The van der Waals surface area contributed by atoms with Crippen LogP contribution in [0.15, 0.2) is 58.7 Å². The molecule has 35 heavy (non-hydrogen) atoms. The summed E-state index contributed by atoms with van der Waals surface area (Å²) >= 11 is 0. The maximum atomic E-state index is 14.2. The molecule has 1 aromatic heterocycles. The van der Waals surface area contributed by atoms with Crippen LogP contribution in [0.1, 0.15) is 42.2 Å². The van der Waals surface area contributed by atoms with Crippen molar-refractivity contribution in [3.05, 3.63) is 82.6 Å². The largest absolute Gasteiger partial charge is 0.497 e. The minimum Gasteiger partial charge on any atom is -0.497 e. The lowest BCUT2D eigenvalue weighted by Gasteiger charge is -2.14. The normalized spacial score (nSPS) is 13.8. The first-order valence-corrected chi connectivity index (χ1v) is 11.2. The van der Waals surface area contributed by atoms with Crippen LogP contribution in [0.4, 0.5) is 4.39 Å². The summed E-state index contributed by atoms with van der Waals surface area (Å²) in [5.41, 5.74) is 5.22. The molecule has 0 saturated heterocycles. The summed E-state index contributed by atoms with van der Waals surface area (Å²) in [6.07, 6.45) is 4.46. The first-order chi connectivity index (χ1) is 16.8. The number of benzene rings is 2. The van der Waals surface area contributed by atoms with Gasteiger partial charge >= 0.3 is 7.12 Å². The van der Waals surface area contributed by atoms with E-state index in [0.29, 0.717) is 24.2 Å². The predicted molar refractivity (Wildman–Crippen MR) is 133 cm³/mol. The fourth-order valence-electron chi connectivity index (χ4n) is 4.50. The monoisotopic (exact) mass is 476 g/mol. The van der Waals surface area contributed by atoms with Gasteiger partial charge in [0.05, 0.1) is 32.4 Å². The third-order valence-corrected chi connectivity index (χ3v) is 6.19. The molecule has 180 valence electrons. The maximum Gasteiger partial charge on any atom is 0.496 e. The number of rotatable bonds is 9. The summed E-state index contributed by atoms with van der Waals surface area (Å²) in [6, 6.07) is 11.5. The van der Waals surface area contributed by atoms with Crippen molar-refractivity contribution in [1.29, 1.82) is 0 Å². The van der Waals surface area contributed by atoms with Crippen LogP contribution in [0.25, 0.3) is 17.2 Å². The van der Waals surface area contributed by atoms with E-state index in [4.69, 9.17) is 13.9 Å². The van der Waals surface area contributed by atoms with Crippen LogP contribution in [-0.4, -0.2) is 37.2 Å². The van der Waals surface area contributed by atoms with E-state index in [1.54, 1.807) is 36.6 Å². The lowest BCUT2D eigenvalue weighted by Crippen LogP contribution is -2.32. The minimum atomic E-state index is -1.76. The maximum absolute atomic E-state index is 14.2. The first kappa shape index (κ1) is 24.5. The van der Waals surface area contributed by atoms with Crippen molar-refractivity contribution in [2.75, 3.05) is 14.2 Å². The average Bonchev–Trinajstić information content (AvgIpc) is 3.43. The van der Waals surface area contributed by atoms with Gasteiger partial charge in [-0.25, -0.2) is 4.39 Å². The molecular formula is C27H26BFO6. The Balaban J connectivity index is 1.71. The Bertz CT molecular complexity index is 1280. The fraction of sp³-hybridized carbons (Fsp3) is 0.222. The molecule has 2 N–H and O–H groups in total. The fourth-order valence-corrected chi connectivity index (χ4v) is 4.50. The number of halogens is 1. The number of methoxy groups -OCH3 is 2. The lowest BCUT2D eigenvalue weighted by atomic mass is 9.78. The number of carbonyl (C=O) groups excluding carboxylic acids is 1. The SMILES string of the molecule is COc1cc(/C=C2/C(C)=C(CCC(=O)Cc3ccco3)c3cc(F)ccc32)cc(OC)c1B(O)O. The number of ether oxygens (including phenoxy) is 2. The number of hydrogen-bond acceptors (Lipinski definition) is 6. The summed E-state index contributed by atoms with van der Waals surface area (Å²) in [6.45, 7) is 1.95. The zero-order chi connectivity index (χ0) is 25.1. The Hall–Kier alpha value is -3.62. The third-order valence-electron chi connectivity index (χ3n) is 6.19. The number of fused-ring (bicyclic) bond motifs is 1. The molecule has 2 aromatic carbocycles. The molecule has 0 bridgehead atoms. The van der Waals surface area contributed by atoms with E-state index in [0.717, 1.165) is 27.8 Å². The second-order valence-corrected chi connectivity index (χ2v) is 8.36. The molecule has 0 atom stereocenters. The van der Waals surface area contributed by atoms with E-state index < -0.39 is 7.12 Å². The Kier molecular flexibility index (Phi) is 7.24. The highest BCUT2D eigenvalue weighted by atomic mass is 19.1. The van der Waals surface area contributed by atoms with Crippen LogP contribution in [0.5, 0.6) is 11.5 Å². The lowest BCUT2D eigenvalue weighted by molar-refractivity contribution is -0.118. The van der Waals surface area contributed by atoms with Crippen LogP contribution in [0.2, 0.25) is 0 Å². The molecule has 0 fully saturated rings. The molecule has 6 nitrogen and oxygen atoms in total. The van der Waals surface area contributed by atoms with E-state index in [1.165, 1.54) is 26.4 Å². The van der Waals surface area contributed by atoms with Crippen molar-refractivity contribution in [2.24, 2.45) is 0 Å². The highest BCUT2D eigenvalue weighted by Crippen LogP contribution is 2.44. The molecule has 8 heteroatoms. The Morgan fingerprint density at radius 3 is 2.40 bits per heavy atom. The minimum absolute atomic E-state index is 0.0447. The van der Waals surface area contributed by atoms with Gasteiger partial charge in [-0.05, 0) is 89.2 Å². The molecule has 4 rings (SSSR count). The summed E-state index contributed by atoms with van der Waals surface area (Å²) < 4.78 is 30.2. The van der Waals surface area contributed by atoms with E-state index in [9.17, 15) is 19.2 Å². The number of allylic oxidation sites excluding steroid dienone is 3. The zero-order valence-electron chi connectivity index (χ0n) is 19.8. The van der Waals surface area contributed by atoms with E-state index in [-0.39, 0.29) is 35.0 Å². The highest BCUT2D eigenvalue weighted by molar-refractivity contribution is 6.61. The van der Waals surface area contributed by atoms with Crippen molar-refractivity contribution in [1.82, 2.24) is 0 Å². The van der Waals surface area contributed by atoms with E-state index in [1.807, 2.05) is 13.0 Å². The van der Waals surface area contributed by atoms with Gasteiger partial charge in [-0.3, -0.25) is 4.79 Å².